The SMILES string of the molecule is Cn1cnc(Br)c1-c1cccs1. The van der Waals surface area contributed by atoms with Crippen LogP contribution < -0.4 is 0 Å². The number of hydrogen-bond acceptors (Lipinski definition) is 2. The Morgan fingerprint density at radius 2 is 2.42 bits per heavy atom. The predicted molar refractivity (Wildman–Crippen MR) is 54.2 cm³/mol. The molecule has 2 nitrogen and oxygen atoms in total. The van der Waals surface area contributed by atoms with E-state index in [1.807, 2.05) is 17.7 Å². The van der Waals surface area contributed by atoms with Gasteiger partial charge in [-0.15, -0.1) is 11.3 Å². The molecule has 0 aliphatic rings. The van der Waals surface area contributed by atoms with Gasteiger partial charge in [-0.3, -0.25) is 0 Å². The summed E-state index contributed by atoms with van der Waals surface area (Å²) >= 11 is 5.13. The molecule has 0 saturated heterocycles. The van der Waals surface area contributed by atoms with Gasteiger partial charge in [0.05, 0.1) is 16.9 Å². The molecule has 12 heavy (non-hydrogen) atoms. The zero-order chi connectivity index (χ0) is 8.55. The molecule has 0 radical (unpaired) electrons. The van der Waals surface area contributed by atoms with Gasteiger partial charge in [-0.05, 0) is 27.4 Å². The largest absolute Gasteiger partial charge is 0.332 e. The fourth-order valence-corrected chi connectivity index (χ4v) is 2.62. The first-order chi connectivity index (χ1) is 5.79. The van der Waals surface area contributed by atoms with Crippen molar-refractivity contribution in [1.29, 1.82) is 0 Å². The van der Waals surface area contributed by atoms with E-state index in [4.69, 9.17) is 0 Å². The zero-order valence-corrected chi connectivity index (χ0v) is 8.89. The molecule has 0 bridgehead atoms. The van der Waals surface area contributed by atoms with E-state index in [1.165, 1.54) is 4.88 Å². The normalized spacial score (nSPS) is 10.5. The maximum Gasteiger partial charge on any atom is 0.132 e. The fourth-order valence-electron chi connectivity index (χ4n) is 1.09. The summed E-state index contributed by atoms with van der Waals surface area (Å²) in [6.45, 7) is 0. The molecule has 2 aromatic heterocycles. The second-order valence-electron chi connectivity index (χ2n) is 2.47. The average molecular weight is 243 g/mol. The van der Waals surface area contributed by atoms with Crippen molar-refractivity contribution < 1.29 is 0 Å². The van der Waals surface area contributed by atoms with Crippen molar-refractivity contribution in [3.05, 3.63) is 28.4 Å². The van der Waals surface area contributed by atoms with Crippen molar-refractivity contribution in [3.8, 4) is 10.6 Å². The number of thiophene rings is 1. The highest BCUT2D eigenvalue weighted by molar-refractivity contribution is 9.10. The van der Waals surface area contributed by atoms with E-state index in [0.717, 1.165) is 10.3 Å². The Hall–Kier alpha value is -0.610. The van der Waals surface area contributed by atoms with Gasteiger partial charge in [0.25, 0.3) is 0 Å². The number of aromatic nitrogens is 2. The van der Waals surface area contributed by atoms with Crippen molar-refractivity contribution in [2.24, 2.45) is 7.05 Å². The van der Waals surface area contributed by atoms with Crippen LogP contribution in [0.1, 0.15) is 0 Å². The third kappa shape index (κ3) is 1.21. The van der Waals surface area contributed by atoms with Gasteiger partial charge in [0, 0.05) is 7.05 Å². The second kappa shape index (κ2) is 3.03. The average Bonchev–Trinajstić information content (AvgIpc) is 2.61. The van der Waals surface area contributed by atoms with Gasteiger partial charge < -0.3 is 4.57 Å². The molecule has 0 spiro atoms. The lowest BCUT2D eigenvalue weighted by atomic mass is 10.4. The van der Waals surface area contributed by atoms with Gasteiger partial charge in [0.15, 0.2) is 0 Å². The Balaban J connectivity index is 2.60. The fraction of sp³-hybridized carbons (Fsp3) is 0.125. The topological polar surface area (TPSA) is 17.8 Å². The number of nitrogens with zero attached hydrogens (tertiary/aromatic N) is 2. The maximum absolute atomic E-state index is 4.16. The lowest BCUT2D eigenvalue weighted by Crippen LogP contribution is -1.86. The molecule has 0 atom stereocenters. The molecule has 62 valence electrons. The van der Waals surface area contributed by atoms with Gasteiger partial charge in [-0.25, -0.2) is 4.98 Å². The number of halogens is 1. The highest BCUT2D eigenvalue weighted by Gasteiger charge is 2.08. The van der Waals surface area contributed by atoms with Crippen LogP contribution in [0.25, 0.3) is 10.6 Å². The number of imidazole rings is 1. The Labute approximate surface area is 83.0 Å². The lowest BCUT2D eigenvalue weighted by Gasteiger charge is -1.97. The van der Waals surface area contributed by atoms with Crippen LogP contribution in [0.15, 0.2) is 28.4 Å². The molecule has 0 N–H and O–H groups in total. The number of hydrogen-bond donors (Lipinski definition) is 0. The molecule has 0 aliphatic carbocycles. The molecule has 0 aromatic carbocycles. The van der Waals surface area contributed by atoms with Gasteiger partial charge in [-0.2, -0.15) is 0 Å². The third-order valence-corrected chi connectivity index (χ3v) is 3.10. The van der Waals surface area contributed by atoms with E-state index in [2.05, 4.69) is 32.4 Å². The minimum absolute atomic E-state index is 0.910. The van der Waals surface area contributed by atoms with Crippen molar-refractivity contribution in [3.63, 3.8) is 0 Å². The van der Waals surface area contributed by atoms with E-state index in [1.54, 1.807) is 17.7 Å². The van der Waals surface area contributed by atoms with Crippen molar-refractivity contribution in [2.45, 2.75) is 0 Å². The van der Waals surface area contributed by atoms with E-state index in [9.17, 15) is 0 Å². The number of rotatable bonds is 1. The van der Waals surface area contributed by atoms with E-state index >= 15 is 0 Å². The standard InChI is InChI=1S/C8H7BrN2S/c1-11-5-10-8(9)7(11)6-3-2-4-12-6/h2-5H,1H3. The predicted octanol–water partition coefficient (Wildman–Crippen LogP) is 2.91. The van der Waals surface area contributed by atoms with Crippen LogP contribution in [0.3, 0.4) is 0 Å². The van der Waals surface area contributed by atoms with Crippen LogP contribution in [-0.4, -0.2) is 9.55 Å². The smallest absolute Gasteiger partial charge is 0.132 e. The molecule has 2 rings (SSSR count). The third-order valence-electron chi connectivity index (χ3n) is 1.65. The van der Waals surface area contributed by atoms with Crippen LogP contribution in [0.5, 0.6) is 0 Å². The van der Waals surface area contributed by atoms with Crippen LogP contribution in [0.4, 0.5) is 0 Å². The van der Waals surface area contributed by atoms with Gasteiger partial charge >= 0.3 is 0 Å². The maximum atomic E-state index is 4.16. The Kier molecular flexibility index (Phi) is 2.02. The quantitative estimate of drug-likeness (QED) is 0.752. The van der Waals surface area contributed by atoms with Crippen LogP contribution >= 0.6 is 27.3 Å². The summed E-state index contributed by atoms with van der Waals surface area (Å²) in [6, 6.07) is 4.13. The summed E-state index contributed by atoms with van der Waals surface area (Å²) < 4.78 is 2.92. The summed E-state index contributed by atoms with van der Waals surface area (Å²) in [6.07, 6.45) is 1.80. The molecule has 0 aliphatic heterocycles. The Bertz CT molecular complexity index is 358. The molecule has 2 heterocycles. The molecular formula is C8H7BrN2S. The molecule has 0 saturated carbocycles. The summed E-state index contributed by atoms with van der Waals surface area (Å²) in [7, 11) is 1.99. The van der Waals surface area contributed by atoms with E-state index in [0.29, 0.717) is 0 Å². The monoisotopic (exact) mass is 242 g/mol. The summed E-state index contributed by atoms with van der Waals surface area (Å²) in [5, 5.41) is 2.06. The minimum Gasteiger partial charge on any atom is -0.332 e. The Morgan fingerprint density at radius 1 is 1.58 bits per heavy atom. The first-order valence-electron chi connectivity index (χ1n) is 3.49. The van der Waals surface area contributed by atoms with Gasteiger partial charge in [0.2, 0.25) is 0 Å². The molecule has 0 unspecified atom stereocenters. The first kappa shape index (κ1) is 8.01. The van der Waals surface area contributed by atoms with E-state index in [-0.39, 0.29) is 0 Å². The van der Waals surface area contributed by atoms with Crippen LogP contribution in [0.2, 0.25) is 0 Å². The molecule has 4 heteroatoms. The number of aryl methyl sites for hydroxylation is 1. The van der Waals surface area contributed by atoms with Crippen molar-refractivity contribution in [1.82, 2.24) is 9.55 Å². The second-order valence-corrected chi connectivity index (χ2v) is 4.17. The lowest BCUT2D eigenvalue weighted by molar-refractivity contribution is 0.923. The van der Waals surface area contributed by atoms with Crippen LogP contribution in [-0.2, 0) is 7.05 Å². The van der Waals surface area contributed by atoms with Crippen molar-refractivity contribution in [2.75, 3.05) is 0 Å². The first-order valence-corrected chi connectivity index (χ1v) is 5.17. The molecule has 0 fully saturated rings. The highest BCUT2D eigenvalue weighted by atomic mass is 79.9. The molecule has 2 aromatic rings. The zero-order valence-electron chi connectivity index (χ0n) is 6.49. The van der Waals surface area contributed by atoms with Gasteiger partial charge in [-0.1, -0.05) is 6.07 Å². The van der Waals surface area contributed by atoms with Crippen molar-refractivity contribution >= 4 is 27.3 Å². The molecular weight excluding hydrogens is 236 g/mol. The summed E-state index contributed by atoms with van der Waals surface area (Å²) in [5.41, 5.74) is 1.14. The van der Waals surface area contributed by atoms with E-state index < -0.39 is 0 Å². The van der Waals surface area contributed by atoms with Crippen LogP contribution in [0, 0.1) is 0 Å². The summed E-state index contributed by atoms with van der Waals surface area (Å²) in [4.78, 5) is 5.40. The molecule has 0 amide bonds. The highest BCUT2D eigenvalue weighted by Crippen LogP contribution is 2.29. The van der Waals surface area contributed by atoms with Gasteiger partial charge in [0.1, 0.15) is 4.60 Å². The summed E-state index contributed by atoms with van der Waals surface area (Å²) in [5.74, 6) is 0. The Morgan fingerprint density at radius 3 is 2.92 bits per heavy atom. The minimum atomic E-state index is 0.910.